The monoisotopic (exact) mass is 284 g/mol. The van der Waals surface area contributed by atoms with Crippen LogP contribution >= 0.6 is 0 Å². The van der Waals surface area contributed by atoms with E-state index in [0.717, 1.165) is 0 Å². The number of esters is 2. The van der Waals surface area contributed by atoms with Crippen LogP contribution in [0.2, 0.25) is 0 Å². The summed E-state index contributed by atoms with van der Waals surface area (Å²) in [5.41, 5.74) is 0.368. The topological polar surface area (TPSA) is 101 Å². The van der Waals surface area contributed by atoms with Crippen molar-refractivity contribution >= 4 is 17.9 Å². The molecule has 2 N–H and O–H groups in total. The summed E-state index contributed by atoms with van der Waals surface area (Å²) in [6.07, 6.45) is 0. The van der Waals surface area contributed by atoms with Crippen LogP contribution < -0.4 is 0 Å². The second-order valence-electron chi connectivity index (χ2n) is 4.44. The number of benzene rings is 2. The van der Waals surface area contributed by atoms with Gasteiger partial charge in [-0.3, -0.25) is 0 Å². The van der Waals surface area contributed by atoms with E-state index in [4.69, 9.17) is 0 Å². The summed E-state index contributed by atoms with van der Waals surface area (Å²) in [7, 11) is 0. The largest absolute Gasteiger partial charge is 0.508 e. The number of carboxylic acids is 1. The molecule has 0 unspecified atom stereocenters. The van der Waals surface area contributed by atoms with E-state index in [9.17, 15) is 24.6 Å². The second-order valence-corrected chi connectivity index (χ2v) is 4.44. The lowest BCUT2D eigenvalue weighted by molar-refractivity contribution is 0.0380. The van der Waals surface area contributed by atoms with Gasteiger partial charge in [-0.05, 0) is 29.8 Å². The lowest BCUT2D eigenvalue weighted by Crippen LogP contribution is -2.24. The molecule has 3 rings (SSSR count). The number of phenols is 1. The molecule has 2 aromatic rings. The third kappa shape index (κ3) is 1.93. The van der Waals surface area contributed by atoms with Crippen molar-refractivity contribution in [1.82, 2.24) is 0 Å². The maximum atomic E-state index is 11.9. The fourth-order valence-corrected chi connectivity index (χ4v) is 2.28. The Morgan fingerprint density at radius 3 is 2.19 bits per heavy atom. The number of cyclic esters (lactones) is 2. The highest BCUT2D eigenvalue weighted by molar-refractivity contribution is 6.19. The minimum atomic E-state index is -1.29. The number of carbonyl (C=O) groups is 3. The van der Waals surface area contributed by atoms with Crippen molar-refractivity contribution in [2.45, 2.75) is 0 Å². The van der Waals surface area contributed by atoms with Crippen LogP contribution in [0, 0.1) is 0 Å². The van der Waals surface area contributed by atoms with E-state index in [2.05, 4.69) is 4.74 Å². The number of aromatic carboxylic acids is 1. The Kier molecular flexibility index (Phi) is 2.72. The van der Waals surface area contributed by atoms with Crippen molar-refractivity contribution < 1.29 is 29.3 Å². The molecule has 0 aromatic heterocycles. The molecule has 104 valence electrons. The maximum Gasteiger partial charge on any atom is 0.347 e. The summed E-state index contributed by atoms with van der Waals surface area (Å²) in [6.45, 7) is 0. The van der Waals surface area contributed by atoms with Crippen LogP contribution in [-0.4, -0.2) is 28.1 Å². The molecule has 6 heteroatoms. The molecule has 0 aliphatic carbocycles. The smallest absolute Gasteiger partial charge is 0.347 e. The summed E-state index contributed by atoms with van der Waals surface area (Å²) in [5, 5.41) is 18.5. The quantitative estimate of drug-likeness (QED) is 0.646. The molecule has 0 amide bonds. The number of hydrogen-bond acceptors (Lipinski definition) is 5. The first-order valence-corrected chi connectivity index (χ1v) is 5.95. The van der Waals surface area contributed by atoms with Crippen LogP contribution in [0.4, 0.5) is 0 Å². The van der Waals surface area contributed by atoms with Crippen LogP contribution in [0.5, 0.6) is 5.75 Å². The first-order valence-electron chi connectivity index (χ1n) is 5.95. The predicted molar refractivity (Wildman–Crippen MR) is 70.2 cm³/mol. The predicted octanol–water partition coefficient (Wildman–Crippen LogP) is 2.07. The van der Waals surface area contributed by atoms with Crippen molar-refractivity contribution in [3.63, 3.8) is 0 Å². The van der Waals surface area contributed by atoms with Crippen molar-refractivity contribution in [2.75, 3.05) is 0 Å². The average molecular weight is 284 g/mol. The van der Waals surface area contributed by atoms with Gasteiger partial charge in [-0.15, -0.1) is 0 Å². The van der Waals surface area contributed by atoms with Gasteiger partial charge >= 0.3 is 17.9 Å². The van der Waals surface area contributed by atoms with Gasteiger partial charge in [0.25, 0.3) is 0 Å². The van der Waals surface area contributed by atoms with Crippen LogP contribution in [0.25, 0.3) is 11.1 Å². The zero-order valence-corrected chi connectivity index (χ0v) is 10.5. The Balaban J connectivity index is 2.37. The number of aromatic hydroxyl groups is 1. The molecule has 1 aliphatic heterocycles. The molecule has 0 atom stereocenters. The van der Waals surface area contributed by atoms with Gasteiger partial charge in [-0.2, -0.15) is 0 Å². The Labute approximate surface area is 118 Å². The Bertz CT molecular complexity index is 789. The molecule has 1 heterocycles. The van der Waals surface area contributed by atoms with Crippen molar-refractivity contribution in [2.24, 2.45) is 0 Å². The van der Waals surface area contributed by atoms with Gasteiger partial charge in [0.1, 0.15) is 5.75 Å². The summed E-state index contributed by atoms with van der Waals surface area (Å²) >= 11 is 0. The lowest BCUT2D eigenvalue weighted by atomic mass is 9.89. The zero-order chi connectivity index (χ0) is 15.1. The highest BCUT2D eigenvalue weighted by Crippen LogP contribution is 2.35. The number of ether oxygens (including phenoxy) is 1. The highest BCUT2D eigenvalue weighted by atomic mass is 16.6. The minimum Gasteiger partial charge on any atom is -0.508 e. The van der Waals surface area contributed by atoms with Gasteiger partial charge in [0.2, 0.25) is 0 Å². The van der Waals surface area contributed by atoms with Crippen LogP contribution in [0.3, 0.4) is 0 Å². The summed E-state index contributed by atoms with van der Waals surface area (Å²) in [5.74, 6) is -3.09. The zero-order valence-electron chi connectivity index (χ0n) is 10.5. The number of carbonyl (C=O) groups excluding carboxylic acids is 2. The fourth-order valence-electron chi connectivity index (χ4n) is 2.28. The van der Waals surface area contributed by atoms with Gasteiger partial charge in [-0.25, -0.2) is 14.4 Å². The van der Waals surface area contributed by atoms with Gasteiger partial charge in [0.05, 0.1) is 16.7 Å². The normalized spacial score (nSPS) is 13.0. The van der Waals surface area contributed by atoms with E-state index in [1.54, 1.807) is 0 Å². The number of rotatable bonds is 2. The van der Waals surface area contributed by atoms with Crippen molar-refractivity contribution in [3.05, 3.63) is 53.1 Å². The van der Waals surface area contributed by atoms with E-state index in [-0.39, 0.29) is 28.0 Å². The Morgan fingerprint density at radius 1 is 0.905 bits per heavy atom. The van der Waals surface area contributed by atoms with Crippen molar-refractivity contribution in [3.8, 4) is 16.9 Å². The van der Waals surface area contributed by atoms with Gasteiger partial charge in [0, 0.05) is 5.56 Å². The third-order valence-corrected chi connectivity index (χ3v) is 3.20. The van der Waals surface area contributed by atoms with Crippen LogP contribution in [-0.2, 0) is 4.74 Å². The van der Waals surface area contributed by atoms with Gasteiger partial charge < -0.3 is 14.9 Å². The number of fused-ring (bicyclic) bond motifs is 2. The molecule has 0 saturated heterocycles. The summed E-state index contributed by atoms with van der Waals surface area (Å²) < 4.78 is 4.55. The van der Waals surface area contributed by atoms with Crippen LogP contribution in [0.15, 0.2) is 36.4 Å². The van der Waals surface area contributed by atoms with E-state index in [1.807, 2.05) is 0 Å². The SMILES string of the molecule is O=C(O)c1ccc2c(-c3ccc(O)cc3)c1C(=O)OC2=O. The standard InChI is InChI=1S/C15H8O6/c16-8-3-1-7(2-4-8)11-10-6-5-9(13(17)18)12(11)15(20)21-14(10)19/h1-6,16H,(H,17,18). The molecular formula is C15H8O6. The maximum absolute atomic E-state index is 11.9. The van der Waals surface area contributed by atoms with E-state index in [1.165, 1.54) is 36.4 Å². The average Bonchev–Trinajstić information content (AvgIpc) is 2.45. The molecule has 0 saturated carbocycles. The highest BCUT2D eigenvalue weighted by Gasteiger charge is 2.34. The molecule has 1 aliphatic rings. The van der Waals surface area contributed by atoms with E-state index in [0.29, 0.717) is 5.56 Å². The first kappa shape index (κ1) is 12.9. The molecule has 2 bridgehead atoms. The molecular weight excluding hydrogens is 276 g/mol. The molecule has 2 aromatic carbocycles. The summed E-state index contributed by atoms with van der Waals surface area (Å²) in [6, 6.07) is 8.27. The van der Waals surface area contributed by atoms with E-state index >= 15 is 0 Å². The Morgan fingerprint density at radius 2 is 1.57 bits per heavy atom. The lowest BCUT2D eigenvalue weighted by Gasteiger charge is -2.19. The fraction of sp³-hybridized carbons (Fsp3) is 0. The molecule has 0 spiro atoms. The molecule has 6 nitrogen and oxygen atoms in total. The van der Waals surface area contributed by atoms with Crippen LogP contribution in [0.1, 0.15) is 31.1 Å². The Hall–Kier alpha value is -3.15. The van der Waals surface area contributed by atoms with E-state index < -0.39 is 17.9 Å². The number of phenolic OH excluding ortho intramolecular Hbond substituents is 1. The first-order chi connectivity index (χ1) is 9.99. The molecule has 0 radical (unpaired) electrons. The third-order valence-electron chi connectivity index (χ3n) is 3.20. The molecule has 0 fully saturated rings. The van der Waals surface area contributed by atoms with Gasteiger partial charge in [0.15, 0.2) is 0 Å². The van der Waals surface area contributed by atoms with Gasteiger partial charge in [-0.1, -0.05) is 12.1 Å². The number of carboxylic acid groups (broad SMARTS) is 1. The minimum absolute atomic E-state index is 0.0159. The summed E-state index contributed by atoms with van der Waals surface area (Å²) in [4.78, 5) is 34.9. The second kappa shape index (κ2) is 4.45. The molecule has 21 heavy (non-hydrogen) atoms. The van der Waals surface area contributed by atoms with Crippen molar-refractivity contribution in [1.29, 1.82) is 0 Å². The number of hydrogen-bond donors (Lipinski definition) is 2.